The number of anilines is 3. The highest BCUT2D eigenvalue weighted by Crippen LogP contribution is 2.43. The molecule has 10 aromatic carbocycles. The Morgan fingerprint density at radius 1 is 0.304 bits per heavy atom. The van der Waals surface area contributed by atoms with Crippen LogP contribution in [0.25, 0.3) is 87.6 Å². The molecule has 1 heterocycles. The van der Waals surface area contributed by atoms with Crippen LogP contribution in [-0.4, -0.2) is 0 Å². The van der Waals surface area contributed by atoms with Crippen molar-refractivity contribution in [2.75, 3.05) is 4.90 Å². The summed E-state index contributed by atoms with van der Waals surface area (Å²) < 4.78 is 6.58. The molecule has 0 saturated heterocycles. The summed E-state index contributed by atoms with van der Waals surface area (Å²) in [7, 11) is 0. The zero-order valence-corrected chi connectivity index (χ0v) is 30.6. The van der Waals surface area contributed by atoms with E-state index in [-0.39, 0.29) is 0 Å². The van der Waals surface area contributed by atoms with Gasteiger partial charge in [-0.25, -0.2) is 0 Å². The van der Waals surface area contributed by atoms with Crippen molar-refractivity contribution in [3.63, 3.8) is 0 Å². The van der Waals surface area contributed by atoms with Gasteiger partial charge < -0.3 is 9.32 Å². The van der Waals surface area contributed by atoms with Gasteiger partial charge in [0.1, 0.15) is 11.2 Å². The van der Waals surface area contributed by atoms with Crippen LogP contribution in [0.3, 0.4) is 0 Å². The van der Waals surface area contributed by atoms with E-state index in [1.807, 2.05) is 0 Å². The first kappa shape index (κ1) is 32.0. The van der Waals surface area contributed by atoms with Gasteiger partial charge in [-0.15, -0.1) is 0 Å². The van der Waals surface area contributed by atoms with Gasteiger partial charge in [-0.1, -0.05) is 164 Å². The van der Waals surface area contributed by atoms with Gasteiger partial charge >= 0.3 is 0 Å². The molecule has 0 N–H and O–H groups in total. The third-order valence-corrected chi connectivity index (χ3v) is 11.3. The average Bonchev–Trinajstić information content (AvgIpc) is 3.65. The normalized spacial score (nSPS) is 11.6. The van der Waals surface area contributed by atoms with Crippen molar-refractivity contribution < 1.29 is 4.42 Å². The van der Waals surface area contributed by atoms with Gasteiger partial charge in [0.2, 0.25) is 0 Å². The second kappa shape index (κ2) is 13.2. The summed E-state index contributed by atoms with van der Waals surface area (Å²) in [6.45, 7) is 0. The highest BCUT2D eigenvalue weighted by atomic mass is 16.3. The van der Waals surface area contributed by atoms with E-state index in [9.17, 15) is 0 Å². The van der Waals surface area contributed by atoms with Crippen molar-refractivity contribution in [3.05, 3.63) is 212 Å². The fourth-order valence-corrected chi connectivity index (χ4v) is 8.61. The summed E-state index contributed by atoms with van der Waals surface area (Å²) >= 11 is 0. The van der Waals surface area contributed by atoms with Gasteiger partial charge in [0.05, 0.1) is 0 Å². The minimum absolute atomic E-state index is 0.867. The SMILES string of the molecule is c1ccc(-c2c(-c3ccc(N(c4ccc(-c5cccc6ccccc56)cc4)c4ccc5c(c4)oc4ccc6ccccc6c45)cc3)ccc3ccccc23)cc1. The molecule has 0 spiro atoms. The largest absolute Gasteiger partial charge is 0.456 e. The van der Waals surface area contributed by atoms with Crippen LogP contribution in [0, 0.1) is 0 Å². The van der Waals surface area contributed by atoms with E-state index in [4.69, 9.17) is 4.42 Å². The maximum atomic E-state index is 6.58. The van der Waals surface area contributed by atoms with Crippen molar-refractivity contribution in [1.29, 1.82) is 0 Å². The summed E-state index contributed by atoms with van der Waals surface area (Å²) in [5.41, 5.74) is 12.2. The van der Waals surface area contributed by atoms with Gasteiger partial charge in [0, 0.05) is 33.9 Å². The van der Waals surface area contributed by atoms with E-state index < -0.39 is 0 Å². The van der Waals surface area contributed by atoms with E-state index in [0.29, 0.717) is 0 Å². The standard InChI is InChI=1S/C54H35NO/c1-2-14-41(15-3-1)53-47-18-8-5-12-37(47)25-32-49(53)40-23-29-43(30-24-40)55(42-27-21-39(22-28-42)46-20-10-16-36-11-4-7-17-45(36)46)44-31-33-50-52(35-44)56-51-34-26-38-13-6-9-19-48(38)54(50)51/h1-35H. The molecule has 0 aliphatic heterocycles. The zero-order chi connectivity index (χ0) is 37.0. The van der Waals surface area contributed by atoms with Gasteiger partial charge in [0.25, 0.3) is 0 Å². The predicted molar refractivity (Wildman–Crippen MR) is 237 cm³/mol. The monoisotopic (exact) mass is 713 g/mol. The Hall–Kier alpha value is -7.42. The van der Waals surface area contributed by atoms with Crippen LogP contribution in [0.1, 0.15) is 0 Å². The van der Waals surface area contributed by atoms with Crippen LogP contribution in [0.4, 0.5) is 17.1 Å². The Bertz CT molecular complexity index is 3230. The number of hydrogen-bond acceptors (Lipinski definition) is 2. The molecule has 2 nitrogen and oxygen atoms in total. The first-order chi connectivity index (χ1) is 27.8. The fourth-order valence-electron chi connectivity index (χ4n) is 8.61. The lowest BCUT2D eigenvalue weighted by Gasteiger charge is -2.26. The average molecular weight is 714 g/mol. The number of benzene rings is 10. The summed E-state index contributed by atoms with van der Waals surface area (Å²) in [5, 5.41) is 9.67. The van der Waals surface area contributed by atoms with E-state index in [2.05, 4.69) is 217 Å². The second-order valence-electron chi connectivity index (χ2n) is 14.5. The molecular formula is C54H35NO. The van der Waals surface area contributed by atoms with Crippen molar-refractivity contribution in [2.45, 2.75) is 0 Å². The summed E-state index contributed by atoms with van der Waals surface area (Å²) in [5.74, 6) is 0. The topological polar surface area (TPSA) is 16.4 Å². The summed E-state index contributed by atoms with van der Waals surface area (Å²) in [6, 6.07) is 76.4. The summed E-state index contributed by atoms with van der Waals surface area (Å²) in [4.78, 5) is 2.33. The number of nitrogens with zero attached hydrogens (tertiary/aromatic N) is 1. The van der Waals surface area contributed by atoms with E-state index in [0.717, 1.165) is 39.0 Å². The molecule has 2 heteroatoms. The van der Waals surface area contributed by atoms with Crippen molar-refractivity contribution in [2.24, 2.45) is 0 Å². The summed E-state index contributed by atoms with van der Waals surface area (Å²) in [6.07, 6.45) is 0. The molecule has 0 radical (unpaired) electrons. The third-order valence-electron chi connectivity index (χ3n) is 11.3. The molecule has 0 saturated carbocycles. The molecule has 0 fully saturated rings. The quantitative estimate of drug-likeness (QED) is 0.171. The molecule has 0 atom stereocenters. The Morgan fingerprint density at radius 2 is 0.857 bits per heavy atom. The maximum absolute atomic E-state index is 6.58. The zero-order valence-electron chi connectivity index (χ0n) is 30.6. The Kier molecular flexibility index (Phi) is 7.53. The number of hydrogen-bond donors (Lipinski definition) is 0. The van der Waals surface area contributed by atoms with Crippen molar-refractivity contribution >= 4 is 71.3 Å². The van der Waals surface area contributed by atoms with Gasteiger partial charge in [0.15, 0.2) is 0 Å². The Labute approximate surface area is 325 Å². The minimum Gasteiger partial charge on any atom is -0.456 e. The molecule has 0 unspecified atom stereocenters. The predicted octanol–water partition coefficient (Wildman–Crippen LogP) is 15.5. The molecule has 11 rings (SSSR count). The van der Waals surface area contributed by atoms with Gasteiger partial charge in [-0.3, -0.25) is 0 Å². The molecular weight excluding hydrogens is 679 g/mol. The van der Waals surface area contributed by atoms with Crippen LogP contribution in [0.2, 0.25) is 0 Å². The highest BCUT2D eigenvalue weighted by Gasteiger charge is 2.18. The first-order valence-electron chi connectivity index (χ1n) is 19.2. The van der Waals surface area contributed by atoms with Crippen LogP contribution in [0.5, 0.6) is 0 Å². The Balaban J connectivity index is 1.06. The molecule has 56 heavy (non-hydrogen) atoms. The molecule has 0 aliphatic carbocycles. The van der Waals surface area contributed by atoms with E-state index >= 15 is 0 Å². The lowest BCUT2D eigenvalue weighted by atomic mass is 9.90. The number of furan rings is 1. The van der Waals surface area contributed by atoms with Crippen LogP contribution < -0.4 is 4.90 Å². The molecule has 11 aromatic rings. The molecule has 0 bridgehead atoms. The third kappa shape index (κ3) is 5.34. The number of fused-ring (bicyclic) bond motifs is 7. The molecule has 262 valence electrons. The van der Waals surface area contributed by atoms with Gasteiger partial charge in [-0.05, 0) is 108 Å². The molecule has 1 aromatic heterocycles. The Morgan fingerprint density at radius 3 is 1.59 bits per heavy atom. The van der Waals surface area contributed by atoms with Crippen LogP contribution in [-0.2, 0) is 0 Å². The first-order valence-corrected chi connectivity index (χ1v) is 19.2. The number of rotatable bonds is 6. The fraction of sp³-hybridized carbons (Fsp3) is 0. The van der Waals surface area contributed by atoms with Crippen molar-refractivity contribution in [3.8, 4) is 33.4 Å². The van der Waals surface area contributed by atoms with Crippen LogP contribution >= 0.6 is 0 Å². The smallest absolute Gasteiger partial charge is 0.137 e. The van der Waals surface area contributed by atoms with E-state index in [1.54, 1.807) is 0 Å². The lowest BCUT2D eigenvalue weighted by Crippen LogP contribution is -2.09. The highest BCUT2D eigenvalue weighted by molar-refractivity contribution is 6.19. The lowest BCUT2D eigenvalue weighted by molar-refractivity contribution is 0.669. The molecule has 0 amide bonds. The van der Waals surface area contributed by atoms with Gasteiger partial charge in [-0.2, -0.15) is 0 Å². The molecule has 0 aliphatic rings. The second-order valence-corrected chi connectivity index (χ2v) is 14.5. The van der Waals surface area contributed by atoms with E-state index in [1.165, 1.54) is 65.7 Å². The minimum atomic E-state index is 0.867. The van der Waals surface area contributed by atoms with Crippen LogP contribution in [0.15, 0.2) is 217 Å². The maximum Gasteiger partial charge on any atom is 0.137 e. The van der Waals surface area contributed by atoms with Crippen molar-refractivity contribution in [1.82, 2.24) is 0 Å².